The second-order valence-electron chi connectivity index (χ2n) is 4.96. The minimum Gasteiger partial charge on any atom is -0.358 e. The van der Waals surface area contributed by atoms with Crippen LogP contribution in [-0.2, 0) is 0 Å². The largest absolute Gasteiger partial charge is 0.358 e. The second kappa shape index (κ2) is 6.54. The fourth-order valence-corrected chi connectivity index (χ4v) is 4.76. The van der Waals surface area contributed by atoms with Crippen molar-refractivity contribution in [2.75, 3.05) is 0 Å². The summed E-state index contributed by atoms with van der Waals surface area (Å²) in [5, 5.41) is 1.32. The molecule has 0 amide bonds. The quantitative estimate of drug-likeness (QED) is 0.283. The first-order valence-corrected chi connectivity index (χ1v) is 9.12. The molecule has 0 N–H and O–H groups in total. The Hall–Kier alpha value is -2.14. The third-order valence-corrected chi connectivity index (χ3v) is 6.12. The minimum absolute atomic E-state index is 0. The van der Waals surface area contributed by atoms with Crippen LogP contribution in [0.3, 0.4) is 0 Å². The summed E-state index contributed by atoms with van der Waals surface area (Å²) in [5.41, 5.74) is 1.35. The molecule has 0 radical (unpaired) electrons. The SMILES string of the molecule is O=c1c2ccccc2oc2ccc([I-]c3ccccc3)cc12.[CH3-]. The Morgan fingerprint density at radius 2 is 1.39 bits per heavy atom. The maximum atomic E-state index is 12.6. The van der Waals surface area contributed by atoms with Crippen LogP contribution in [0.15, 0.2) is 82.0 Å². The van der Waals surface area contributed by atoms with Gasteiger partial charge in [-0.2, -0.15) is 0 Å². The van der Waals surface area contributed by atoms with E-state index in [1.165, 1.54) is 7.14 Å². The summed E-state index contributed by atoms with van der Waals surface area (Å²) in [7, 11) is 0. The van der Waals surface area contributed by atoms with Crippen molar-refractivity contribution in [3.05, 3.63) is 97.6 Å². The number of para-hydroxylation sites is 1. The third kappa shape index (κ3) is 3.01. The van der Waals surface area contributed by atoms with Crippen LogP contribution in [0, 0.1) is 14.6 Å². The van der Waals surface area contributed by atoms with Crippen LogP contribution in [-0.4, -0.2) is 0 Å². The Bertz CT molecular complexity index is 1020. The molecule has 0 atom stereocenters. The van der Waals surface area contributed by atoms with Crippen LogP contribution in [0.25, 0.3) is 21.9 Å². The molecule has 2 nitrogen and oxygen atoms in total. The fourth-order valence-electron chi connectivity index (χ4n) is 2.44. The van der Waals surface area contributed by atoms with Gasteiger partial charge in [0.25, 0.3) is 0 Å². The van der Waals surface area contributed by atoms with E-state index in [2.05, 4.69) is 30.3 Å². The summed E-state index contributed by atoms with van der Waals surface area (Å²) in [6.45, 7) is 0. The van der Waals surface area contributed by atoms with Gasteiger partial charge in [0.05, 0.1) is 0 Å². The first-order valence-electron chi connectivity index (χ1n) is 6.97. The molecule has 0 saturated carbocycles. The number of hydrogen-bond donors (Lipinski definition) is 0. The van der Waals surface area contributed by atoms with Crippen molar-refractivity contribution in [3.63, 3.8) is 0 Å². The average molecular weight is 414 g/mol. The Morgan fingerprint density at radius 3 is 2.22 bits per heavy atom. The van der Waals surface area contributed by atoms with Crippen LogP contribution in [0.4, 0.5) is 0 Å². The van der Waals surface area contributed by atoms with E-state index < -0.39 is 0 Å². The Balaban J connectivity index is 0.00000156. The van der Waals surface area contributed by atoms with E-state index in [-0.39, 0.29) is 34.1 Å². The summed E-state index contributed by atoms with van der Waals surface area (Å²) in [6, 6.07) is 23.8. The summed E-state index contributed by atoms with van der Waals surface area (Å²) >= 11 is -0.284. The summed E-state index contributed by atoms with van der Waals surface area (Å²) in [5.74, 6) is 0. The van der Waals surface area contributed by atoms with Crippen LogP contribution < -0.4 is 26.6 Å². The molecule has 1 aromatic heterocycles. The Labute approximate surface area is 145 Å². The summed E-state index contributed by atoms with van der Waals surface area (Å²) < 4.78 is 8.41. The number of rotatable bonds is 2. The number of halogens is 1. The zero-order chi connectivity index (χ0) is 14.9. The predicted molar refractivity (Wildman–Crippen MR) is 90.2 cm³/mol. The molecule has 0 bridgehead atoms. The molecule has 0 aliphatic heterocycles. The van der Waals surface area contributed by atoms with Crippen molar-refractivity contribution in [3.8, 4) is 0 Å². The van der Waals surface area contributed by atoms with Crippen LogP contribution in [0.1, 0.15) is 0 Å². The van der Waals surface area contributed by atoms with Crippen LogP contribution in [0.5, 0.6) is 0 Å². The summed E-state index contributed by atoms with van der Waals surface area (Å²) in [6.07, 6.45) is 0. The van der Waals surface area contributed by atoms with Crippen molar-refractivity contribution in [2.24, 2.45) is 0 Å². The molecule has 23 heavy (non-hydrogen) atoms. The topological polar surface area (TPSA) is 30.2 Å². The number of hydrogen-bond acceptors (Lipinski definition) is 2. The van der Waals surface area contributed by atoms with Gasteiger partial charge in [0.2, 0.25) is 0 Å². The van der Waals surface area contributed by atoms with Crippen LogP contribution in [0.2, 0.25) is 0 Å². The third-order valence-electron chi connectivity index (χ3n) is 3.49. The molecule has 0 unspecified atom stereocenters. The first kappa shape index (κ1) is 15.7. The molecule has 0 saturated heterocycles. The molecule has 3 aromatic carbocycles. The van der Waals surface area contributed by atoms with Crippen molar-refractivity contribution < 1.29 is 25.6 Å². The van der Waals surface area contributed by atoms with E-state index in [1.807, 2.05) is 42.5 Å². The Kier molecular flexibility index (Phi) is 4.48. The molecule has 0 spiro atoms. The maximum Gasteiger partial charge on any atom is -0.358 e. The molecule has 0 aliphatic rings. The smallest absolute Gasteiger partial charge is 0.358 e. The van der Waals surface area contributed by atoms with Gasteiger partial charge < -0.3 is 7.43 Å². The molecule has 0 fully saturated rings. The van der Waals surface area contributed by atoms with E-state index in [0.29, 0.717) is 21.9 Å². The zero-order valence-corrected chi connectivity index (χ0v) is 14.8. The molecule has 1 heterocycles. The van der Waals surface area contributed by atoms with E-state index in [9.17, 15) is 4.79 Å². The standard InChI is InChI=1S/C19H12IO2.CH3/c21-19-15-8-4-5-9-17(15)22-18-11-10-14(12-16(18)19)20-13-6-2-1-3-7-13;/h1-12H;1H3/q2*-1. The van der Waals surface area contributed by atoms with E-state index >= 15 is 0 Å². The first-order chi connectivity index (χ1) is 10.8. The van der Waals surface area contributed by atoms with Gasteiger partial charge in [-0.15, -0.1) is 0 Å². The molecular formula is C20H15IO2-2. The zero-order valence-electron chi connectivity index (χ0n) is 12.6. The molecule has 4 rings (SSSR count). The maximum absolute atomic E-state index is 12.6. The molecule has 4 aromatic rings. The van der Waals surface area contributed by atoms with Gasteiger partial charge in [-0.25, -0.2) is 0 Å². The fraction of sp³-hybridized carbons (Fsp3) is 0. The van der Waals surface area contributed by atoms with Gasteiger partial charge in [-0.05, 0) is 0 Å². The van der Waals surface area contributed by atoms with Gasteiger partial charge in [0.1, 0.15) is 0 Å². The molecule has 116 valence electrons. The van der Waals surface area contributed by atoms with Crippen molar-refractivity contribution >= 4 is 21.9 Å². The van der Waals surface area contributed by atoms with Crippen molar-refractivity contribution in [2.45, 2.75) is 0 Å². The van der Waals surface area contributed by atoms with Gasteiger partial charge >= 0.3 is 138 Å². The predicted octanol–water partition coefficient (Wildman–Crippen LogP) is 1.52. The molecular weight excluding hydrogens is 399 g/mol. The number of benzene rings is 3. The van der Waals surface area contributed by atoms with Gasteiger partial charge in [-0.3, -0.25) is 0 Å². The Morgan fingerprint density at radius 1 is 0.696 bits per heavy atom. The van der Waals surface area contributed by atoms with Crippen molar-refractivity contribution in [1.29, 1.82) is 0 Å². The average Bonchev–Trinajstić information content (AvgIpc) is 2.57. The number of fused-ring (bicyclic) bond motifs is 2. The van der Waals surface area contributed by atoms with Crippen molar-refractivity contribution in [1.82, 2.24) is 0 Å². The summed E-state index contributed by atoms with van der Waals surface area (Å²) in [4.78, 5) is 12.6. The van der Waals surface area contributed by atoms with Gasteiger partial charge in [-0.1, -0.05) is 0 Å². The van der Waals surface area contributed by atoms with Gasteiger partial charge in [0, 0.05) is 0 Å². The van der Waals surface area contributed by atoms with E-state index in [0.717, 1.165) is 0 Å². The minimum atomic E-state index is -0.284. The van der Waals surface area contributed by atoms with Gasteiger partial charge in [0.15, 0.2) is 0 Å². The molecule has 3 heteroatoms. The normalized spacial score (nSPS) is 10.8. The van der Waals surface area contributed by atoms with E-state index in [4.69, 9.17) is 4.42 Å². The molecule has 0 aliphatic carbocycles. The van der Waals surface area contributed by atoms with E-state index in [1.54, 1.807) is 0 Å². The van der Waals surface area contributed by atoms with Crippen LogP contribution >= 0.6 is 0 Å². The second-order valence-corrected chi connectivity index (χ2v) is 7.99. The monoisotopic (exact) mass is 414 g/mol.